The van der Waals surface area contributed by atoms with Crippen molar-refractivity contribution in [1.29, 1.82) is 0 Å². The average molecular weight is 701 g/mol. The van der Waals surface area contributed by atoms with E-state index >= 15 is 0 Å². The zero-order valence-corrected chi connectivity index (χ0v) is 29.5. The molecule has 0 aliphatic carbocycles. The standard InChI is InChI=1S/C48H32N2O2S/c1-2-14-34(15-3-1)50-42-18-7-6-16-38(42)39-24-23-36(29-43(39)50)49(35-22-21-31-11-4-5-12-33(31)27-35)37-28-41(40-17-10-13-32-25-26-53-48(32)40)47-46(30-37)51-44-19-8-9-20-45(44)52-47/h1-24,27-30H,25-26H2. The number of para-hydroxylation sites is 4. The van der Waals surface area contributed by atoms with Crippen molar-refractivity contribution in [3.05, 3.63) is 175 Å². The Kier molecular flexibility index (Phi) is 6.89. The molecule has 0 unspecified atom stereocenters. The van der Waals surface area contributed by atoms with Gasteiger partial charge in [0.2, 0.25) is 0 Å². The van der Waals surface area contributed by atoms with E-state index in [1.165, 1.54) is 43.1 Å². The first-order valence-electron chi connectivity index (χ1n) is 18.0. The Hall–Kier alpha value is -6.43. The maximum absolute atomic E-state index is 6.73. The maximum atomic E-state index is 6.73. The molecule has 0 saturated carbocycles. The van der Waals surface area contributed by atoms with Crippen molar-refractivity contribution in [3.63, 3.8) is 0 Å². The van der Waals surface area contributed by atoms with Gasteiger partial charge in [-0.3, -0.25) is 0 Å². The first kappa shape index (κ1) is 30.2. The van der Waals surface area contributed by atoms with E-state index in [1.807, 2.05) is 36.0 Å². The van der Waals surface area contributed by atoms with Crippen LogP contribution >= 0.6 is 11.8 Å². The summed E-state index contributed by atoms with van der Waals surface area (Å²) in [7, 11) is 0. The van der Waals surface area contributed by atoms with Crippen LogP contribution in [0.25, 0.3) is 49.4 Å². The molecule has 11 rings (SSSR count). The van der Waals surface area contributed by atoms with Crippen LogP contribution in [0.4, 0.5) is 17.1 Å². The number of nitrogens with zero attached hydrogens (tertiary/aromatic N) is 2. The Labute approximate surface area is 311 Å². The molecule has 2 aliphatic rings. The van der Waals surface area contributed by atoms with Crippen LogP contribution in [-0.2, 0) is 6.42 Å². The van der Waals surface area contributed by atoms with Crippen LogP contribution in [0.15, 0.2) is 175 Å². The average Bonchev–Trinajstić information content (AvgIpc) is 3.83. The second-order valence-electron chi connectivity index (χ2n) is 13.6. The van der Waals surface area contributed by atoms with Gasteiger partial charge in [0.15, 0.2) is 23.0 Å². The van der Waals surface area contributed by atoms with E-state index < -0.39 is 0 Å². The molecule has 0 fully saturated rings. The first-order valence-corrected chi connectivity index (χ1v) is 19.0. The fourth-order valence-corrected chi connectivity index (χ4v) is 9.30. The second-order valence-corrected chi connectivity index (χ2v) is 14.7. The molecule has 0 amide bonds. The molecule has 5 heteroatoms. The van der Waals surface area contributed by atoms with Gasteiger partial charge >= 0.3 is 0 Å². The summed E-state index contributed by atoms with van der Waals surface area (Å²) < 4.78 is 15.8. The molecule has 8 aromatic carbocycles. The lowest BCUT2D eigenvalue weighted by Crippen LogP contribution is -2.11. The number of fused-ring (bicyclic) bond motifs is 7. The minimum absolute atomic E-state index is 0.696. The van der Waals surface area contributed by atoms with Crippen molar-refractivity contribution in [1.82, 2.24) is 4.57 Å². The number of hydrogen-bond acceptors (Lipinski definition) is 4. The van der Waals surface area contributed by atoms with Gasteiger partial charge in [0.05, 0.1) is 16.7 Å². The second kappa shape index (κ2) is 12.1. The minimum Gasteiger partial charge on any atom is -0.449 e. The number of hydrogen-bond donors (Lipinski definition) is 0. The lowest BCUT2D eigenvalue weighted by atomic mass is 9.98. The number of aromatic nitrogens is 1. The summed E-state index contributed by atoms with van der Waals surface area (Å²) in [5.41, 5.74) is 10.1. The number of benzene rings is 8. The molecule has 2 aliphatic heterocycles. The minimum atomic E-state index is 0.696. The highest BCUT2D eigenvalue weighted by Crippen LogP contribution is 2.55. The lowest BCUT2D eigenvalue weighted by molar-refractivity contribution is 0.361. The van der Waals surface area contributed by atoms with Crippen molar-refractivity contribution in [2.24, 2.45) is 0 Å². The third-order valence-electron chi connectivity index (χ3n) is 10.5. The van der Waals surface area contributed by atoms with E-state index in [9.17, 15) is 0 Å². The number of ether oxygens (including phenoxy) is 2. The Morgan fingerprint density at radius 3 is 2.13 bits per heavy atom. The van der Waals surface area contributed by atoms with Crippen molar-refractivity contribution in [2.45, 2.75) is 11.3 Å². The van der Waals surface area contributed by atoms with E-state index in [0.29, 0.717) is 11.5 Å². The lowest BCUT2D eigenvalue weighted by Gasteiger charge is -2.30. The largest absolute Gasteiger partial charge is 0.449 e. The zero-order chi connectivity index (χ0) is 34.9. The molecule has 9 aromatic rings. The van der Waals surface area contributed by atoms with Crippen LogP contribution in [0.5, 0.6) is 23.0 Å². The highest BCUT2D eigenvalue weighted by molar-refractivity contribution is 7.99. The molecule has 3 heterocycles. The summed E-state index contributed by atoms with van der Waals surface area (Å²) in [6, 6.07) is 60.5. The monoisotopic (exact) mass is 700 g/mol. The molecular weight excluding hydrogens is 669 g/mol. The fourth-order valence-electron chi connectivity index (χ4n) is 8.09. The summed E-state index contributed by atoms with van der Waals surface area (Å²) in [6.45, 7) is 0. The zero-order valence-electron chi connectivity index (χ0n) is 28.7. The molecular formula is C48H32N2O2S. The van der Waals surface area contributed by atoms with Crippen molar-refractivity contribution in [2.75, 3.05) is 10.7 Å². The highest BCUT2D eigenvalue weighted by Gasteiger charge is 2.28. The molecule has 0 saturated heterocycles. The summed E-state index contributed by atoms with van der Waals surface area (Å²) in [4.78, 5) is 3.68. The van der Waals surface area contributed by atoms with E-state index in [2.05, 4.69) is 155 Å². The molecule has 0 bridgehead atoms. The summed E-state index contributed by atoms with van der Waals surface area (Å²) in [5, 5.41) is 4.82. The van der Waals surface area contributed by atoms with Crippen LogP contribution in [0.1, 0.15) is 5.56 Å². The van der Waals surface area contributed by atoms with Crippen LogP contribution in [0.2, 0.25) is 0 Å². The Bertz CT molecular complexity index is 2900. The molecule has 0 atom stereocenters. The SMILES string of the molecule is c1ccc(-n2c3ccccc3c3ccc(N(c4cc5c(c(-c6cccc7c6SCC7)c4)Oc4ccccc4O5)c4ccc5ccccc5c4)cc32)cc1. The third-order valence-corrected chi connectivity index (χ3v) is 11.7. The van der Waals surface area contributed by atoms with Gasteiger partial charge in [0.1, 0.15) is 0 Å². The van der Waals surface area contributed by atoms with E-state index in [0.717, 1.165) is 57.5 Å². The number of anilines is 3. The van der Waals surface area contributed by atoms with Crippen LogP contribution in [-0.4, -0.2) is 10.3 Å². The van der Waals surface area contributed by atoms with Crippen molar-refractivity contribution < 1.29 is 9.47 Å². The van der Waals surface area contributed by atoms with Gasteiger partial charge in [-0.2, -0.15) is 0 Å². The quantitative estimate of drug-likeness (QED) is 0.179. The summed E-state index contributed by atoms with van der Waals surface area (Å²) >= 11 is 1.92. The van der Waals surface area contributed by atoms with Gasteiger partial charge < -0.3 is 18.9 Å². The van der Waals surface area contributed by atoms with Gasteiger partial charge in [0, 0.05) is 50.1 Å². The molecule has 4 nitrogen and oxygen atoms in total. The Morgan fingerprint density at radius 1 is 0.491 bits per heavy atom. The van der Waals surface area contributed by atoms with Crippen molar-refractivity contribution in [3.8, 4) is 39.8 Å². The molecule has 252 valence electrons. The highest BCUT2D eigenvalue weighted by atomic mass is 32.2. The van der Waals surface area contributed by atoms with Crippen LogP contribution in [0.3, 0.4) is 0 Å². The topological polar surface area (TPSA) is 26.6 Å². The third kappa shape index (κ3) is 4.92. The number of rotatable bonds is 5. The molecule has 53 heavy (non-hydrogen) atoms. The van der Waals surface area contributed by atoms with Crippen LogP contribution in [0, 0.1) is 0 Å². The fraction of sp³-hybridized carbons (Fsp3) is 0.0417. The molecule has 0 spiro atoms. The number of thioether (sulfide) groups is 1. The molecule has 1 aromatic heterocycles. The molecule has 0 radical (unpaired) electrons. The van der Waals surface area contributed by atoms with Crippen molar-refractivity contribution >= 4 is 61.4 Å². The predicted octanol–water partition coefficient (Wildman–Crippen LogP) is 13.6. The Balaban J connectivity index is 1.19. The normalized spacial score (nSPS) is 13.0. The van der Waals surface area contributed by atoms with Crippen LogP contribution < -0.4 is 14.4 Å². The number of aryl methyl sites for hydroxylation is 1. The first-order chi connectivity index (χ1) is 26.3. The van der Waals surface area contributed by atoms with Gasteiger partial charge in [-0.05, 0) is 89.0 Å². The van der Waals surface area contributed by atoms with Gasteiger partial charge in [-0.1, -0.05) is 103 Å². The van der Waals surface area contributed by atoms with Gasteiger partial charge in [0.25, 0.3) is 0 Å². The van der Waals surface area contributed by atoms with Gasteiger partial charge in [-0.15, -0.1) is 11.8 Å². The van der Waals surface area contributed by atoms with E-state index in [4.69, 9.17) is 9.47 Å². The van der Waals surface area contributed by atoms with Gasteiger partial charge in [-0.25, -0.2) is 0 Å². The summed E-state index contributed by atoms with van der Waals surface area (Å²) in [6.07, 6.45) is 1.06. The predicted molar refractivity (Wildman–Crippen MR) is 219 cm³/mol. The molecule has 0 N–H and O–H groups in total. The maximum Gasteiger partial charge on any atom is 0.178 e. The Morgan fingerprint density at radius 2 is 1.23 bits per heavy atom. The summed E-state index contributed by atoms with van der Waals surface area (Å²) in [5.74, 6) is 3.95. The van der Waals surface area contributed by atoms with E-state index in [-0.39, 0.29) is 0 Å². The van der Waals surface area contributed by atoms with E-state index in [1.54, 1.807) is 0 Å². The smallest absolute Gasteiger partial charge is 0.178 e.